The van der Waals surface area contributed by atoms with Gasteiger partial charge in [-0.3, -0.25) is 4.98 Å². The number of nitrogens with two attached hydrogens (primary N) is 1. The molecule has 5 nitrogen and oxygen atoms in total. The molecule has 2 heterocycles. The first-order valence-corrected chi connectivity index (χ1v) is 6.46. The summed E-state index contributed by atoms with van der Waals surface area (Å²) in [5.74, 6) is 1.06. The summed E-state index contributed by atoms with van der Waals surface area (Å²) in [4.78, 5) is 14.1. The molecule has 1 aliphatic carbocycles. The summed E-state index contributed by atoms with van der Waals surface area (Å²) in [6.45, 7) is 0. The van der Waals surface area contributed by atoms with E-state index in [9.17, 15) is 0 Å². The summed E-state index contributed by atoms with van der Waals surface area (Å²) in [6, 6.07) is 0. The second-order valence-electron chi connectivity index (χ2n) is 4.05. The molecule has 0 radical (unpaired) electrons. The second kappa shape index (κ2) is 4.29. The lowest BCUT2D eigenvalue weighted by Crippen LogP contribution is -2.00. The molecule has 0 atom stereocenters. The molecule has 88 valence electrons. The van der Waals surface area contributed by atoms with Gasteiger partial charge in [0.2, 0.25) is 0 Å². The van der Waals surface area contributed by atoms with Crippen molar-refractivity contribution < 1.29 is 0 Å². The Morgan fingerprint density at radius 3 is 2.88 bits per heavy atom. The van der Waals surface area contributed by atoms with Gasteiger partial charge in [-0.25, -0.2) is 9.97 Å². The van der Waals surface area contributed by atoms with Gasteiger partial charge < -0.3 is 11.1 Å². The maximum absolute atomic E-state index is 5.58. The summed E-state index contributed by atoms with van der Waals surface area (Å²) >= 11 is 1.71. The number of nitrogens with zero attached hydrogens (tertiary/aromatic N) is 3. The molecule has 0 aromatic carbocycles. The van der Waals surface area contributed by atoms with E-state index in [0.717, 1.165) is 18.0 Å². The third-order valence-corrected chi connectivity index (χ3v) is 3.81. The Labute approximate surface area is 103 Å². The number of aryl methyl sites for hydroxylation is 2. The molecule has 0 spiro atoms. The largest absolute Gasteiger partial charge is 0.382 e. The van der Waals surface area contributed by atoms with Crippen molar-refractivity contribution in [3.63, 3.8) is 0 Å². The molecule has 0 saturated carbocycles. The van der Waals surface area contributed by atoms with Crippen molar-refractivity contribution in [1.29, 1.82) is 0 Å². The predicted molar refractivity (Wildman–Crippen MR) is 68.5 cm³/mol. The van der Waals surface area contributed by atoms with Gasteiger partial charge in [-0.1, -0.05) is 0 Å². The van der Waals surface area contributed by atoms with E-state index in [1.165, 1.54) is 29.6 Å². The van der Waals surface area contributed by atoms with Crippen LogP contribution in [0.2, 0.25) is 0 Å². The van der Waals surface area contributed by atoms with Gasteiger partial charge in [0.15, 0.2) is 10.9 Å². The first-order valence-electron chi connectivity index (χ1n) is 5.64. The van der Waals surface area contributed by atoms with E-state index in [1.54, 1.807) is 17.5 Å². The number of rotatable bonds is 2. The van der Waals surface area contributed by atoms with Crippen LogP contribution in [0.25, 0.3) is 0 Å². The minimum Gasteiger partial charge on any atom is -0.382 e. The van der Waals surface area contributed by atoms with Crippen LogP contribution in [-0.2, 0) is 12.8 Å². The average molecular weight is 247 g/mol. The van der Waals surface area contributed by atoms with Crippen molar-refractivity contribution in [1.82, 2.24) is 15.0 Å². The van der Waals surface area contributed by atoms with Crippen LogP contribution in [0.5, 0.6) is 0 Å². The number of nitrogens with one attached hydrogen (secondary N) is 1. The normalized spacial score (nSPS) is 14.4. The van der Waals surface area contributed by atoms with Crippen molar-refractivity contribution in [3.8, 4) is 0 Å². The lowest BCUT2D eigenvalue weighted by atomic mass is 10.0. The van der Waals surface area contributed by atoms with Gasteiger partial charge in [0.1, 0.15) is 5.82 Å². The molecule has 0 fully saturated rings. The zero-order chi connectivity index (χ0) is 11.7. The van der Waals surface area contributed by atoms with Crippen molar-refractivity contribution >= 4 is 28.1 Å². The van der Waals surface area contributed by atoms with Gasteiger partial charge >= 0.3 is 0 Å². The highest BCUT2D eigenvalue weighted by molar-refractivity contribution is 7.15. The van der Waals surface area contributed by atoms with Gasteiger partial charge in [-0.2, -0.15) is 0 Å². The van der Waals surface area contributed by atoms with Crippen molar-refractivity contribution in [2.75, 3.05) is 11.1 Å². The fourth-order valence-corrected chi connectivity index (χ4v) is 3.01. The summed E-state index contributed by atoms with van der Waals surface area (Å²) in [7, 11) is 0. The highest BCUT2D eigenvalue weighted by Gasteiger charge is 2.15. The van der Waals surface area contributed by atoms with E-state index >= 15 is 0 Å². The molecule has 2 aromatic rings. The Balaban J connectivity index is 1.83. The first-order chi connectivity index (χ1) is 8.31. The first kappa shape index (κ1) is 10.5. The quantitative estimate of drug-likeness (QED) is 0.850. The number of hydrogen-bond donors (Lipinski definition) is 2. The smallest absolute Gasteiger partial charge is 0.188 e. The van der Waals surface area contributed by atoms with Gasteiger partial charge in [0.25, 0.3) is 0 Å². The fourth-order valence-electron chi connectivity index (χ4n) is 1.96. The lowest BCUT2D eigenvalue weighted by Gasteiger charge is -2.06. The van der Waals surface area contributed by atoms with Gasteiger partial charge in [-0.05, 0) is 25.7 Å². The number of anilines is 3. The lowest BCUT2D eigenvalue weighted by molar-refractivity contribution is 0.683. The van der Waals surface area contributed by atoms with E-state index in [0.29, 0.717) is 11.6 Å². The summed E-state index contributed by atoms with van der Waals surface area (Å²) < 4.78 is 0. The molecule has 1 aliphatic rings. The summed E-state index contributed by atoms with van der Waals surface area (Å²) in [5, 5.41) is 4.04. The van der Waals surface area contributed by atoms with Crippen LogP contribution in [0.4, 0.5) is 16.8 Å². The SMILES string of the molecule is Nc1cncc(Nc2nc3c(s2)CCCC3)n1. The monoisotopic (exact) mass is 247 g/mol. The van der Waals surface area contributed by atoms with Crippen LogP contribution in [0.15, 0.2) is 12.4 Å². The highest BCUT2D eigenvalue weighted by Crippen LogP contribution is 2.30. The molecule has 3 N–H and O–H groups in total. The molecule has 0 saturated heterocycles. The Hall–Kier alpha value is -1.69. The number of nitrogen functional groups attached to an aromatic ring is 1. The minimum absolute atomic E-state index is 0.413. The molecule has 0 unspecified atom stereocenters. The Kier molecular flexibility index (Phi) is 2.64. The van der Waals surface area contributed by atoms with Crippen LogP contribution in [0.3, 0.4) is 0 Å². The molecule has 0 bridgehead atoms. The van der Waals surface area contributed by atoms with Crippen LogP contribution >= 0.6 is 11.3 Å². The summed E-state index contributed by atoms with van der Waals surface area (Å²) in [5.41, 5.74) is 6.82. The van der Waals surface area contributed by atoms with Gasteiger partial charge in [-0.15, -0.1) is 11.3 Å². The zero-order valence-corrected chi connectivity index (χ0v) is 10.1. The Morgan fingerprint density at radius 1 is 1.18 bits per heavy atom. The number of fused-ring (bicyclic) bond motifs is 1. The van der Waals surface area contributed by atoms with E-state index in [-0.39, 0.29) is 0 Å². The fraction of sp³-hybridized carbons (Fsp3) is 0.364. The molecular weight excluding hydrogens is 234 g/mol. The molecule has 2 aromatic heterocycles. The molecule has 3 rings (SSSR count). The van der Waals surface area contributed by atoms with E-state index < -0.39 is 0 Å². The number of hydrogen-bond acceptors (Lipinski definition) is 6. The molecule has 0 amide bonds. The van der Waals surface area contributed by atoms with E-state index in [1.807, 2.05) is 0 Å². The molecule has 6 heteroatoms. The van der Waals surface area contributed by atoms with Crippen LogP contribution in [0.1, 0.15) is 23.4 Å². The average Bonchev–Trinajstić information content (AvgIpc) is 2.71. The maximum Gasteiger partial charge on any atom is 0.188 e. The van der Waals surface area contributed by atoms with Crippen molar-refractivity contribution in [2.24, 2.45) is 0 Å². The van der Waals surface area contributed by atoms with Crippen molar-refractivity contribution in [2.45, 2.75) is 25.7 Å². The molecular formula is C11H13N5S. The molecule has 0 aliphatic heterocycles. The highest BCUT2D eigenvalue weighted by atomic mass is 32.1. The predicted octanol–water partition coefficient (Wildman–Crippen LogP) is 2.14. The number of thiazole rings is 1. The molecule has 17 heavy (non-hydrogen) atoms. The minimum atomic E-state index is 0.413. The van der Waals surface area contributed by atoms with Crippen LogP contribution in [-0.4, -0.2) is 15.0 Å². The van der Waals surface area contributed by atoms with Crippen molar-refractivity contribution in [3.05, 3.63) is 23.0 Å². The third kappa shape index (κ3) is 2.21. The topological polar surface area (TPSA) is 76.7 Å². The third-order valence-electron chi connectivity index (χ3n) is 2.73. The summed E-state index contributed by atoms with van der Waals surface area (Å²) in [6.07, 6.45) is 7.93. The van der Waals surface area contributed by atoms with Crippen LogP contribution in [0, 0.1) is 0 Å². The Morgan fingerprint density at radius 2 is 2.06 bits per heavy atom. The van der Waals surface area contributed by atoms with E-state index in [4.69, 9.17) is 5.73 Å². The van der Waals surface area contributed by atoms with E-state index in [2.05, 4.69) is 20.3 Å². The zero-order valence-electron chi connectivity index (χ0n) is 9.31. The van der Waals surface area contributed by atoms with Gasteiger partial charge in [0.05, 0.1) is 18.1 Å². The second-order valence-corrected chi connectivity index (χ2v) is 5.13. The number of aromatic nitrogens is 3. The standard InChI is InChI=1S/C11H13N5S/c12-9-5-13-6-10(15-9)16-11-14-7-3-1-2-4-8(7)17-11/h5-6H,1-4H2,(H3,12,14,15,16). The van der Waals surface area contributed by atoms with Crippen LogP contribution < -0.4 is 11.1 Å². The maximum atomic E-state index is 5.58. The Bertz CT molecular complexity index is 513. The van der Waals surface area contributed by atoms with Gasteiger partial charge in [0, 0.05) is 4.88 Å².